The van der Waals surface area contributed by atoms with Crippen molar-refractivity contribution in [2.24, 2.45) is 0 Å². The average Bonchev–Trinajstić information content (AvgIpc) is 1.89. The van der Waals surface area contributed by atoms with Gasteiger partial charge in [0.05, 0.1) is 0 Å². The predicted octanol–water partition coefficient (Wildman–Crippen LogP) is 0.578. The van der Waals surface area contributed by atoms with Crippen LogP contribution in [0.25, 0.3) is 0 Å². The van der Waals surface area contributed by atoms with Crippen molar-refractivity contribution in [2.45, 2.75) is 25.9 Å². The van der Waals surface area contributed by atoms with Crippen molar-refractivity contribution in [3.63, 3.8) is 0 Å². The van der Waals surface area contributed by atoms with Gasteiger partial charge in [0.25, 0.3) is 0 Å². The van der Waals surface area contributed by atoms with Crippen LogP contribution in [0.4, 0.5) is 0 Å². The molecule has 4 heteroatoms. The first kappa shape index (κ1) is 9.78. The molecule has 1 N–H and O–H groups in total. The summed E-state index contributed by atoms with van der Waals surface area (Å²) in [6, 6.07) is 0. The second-order valence-electron chi connectivity index (χ2n) is 1.90. The number of aliphatic hydroxyl groups is 1. The van der Waals surface area contributed by atoms with E-state index in [1.54, 1.807) is 0 Å². The number of carbonyl (C=O) groups is 1. The minimum atomic E-state index is -0.975. The Bertz CT molecular complexity index is 105. The maximum absolute atomic E-state index is 10.6. The molecule has 0 bridgehead atoms. The molecule has 0 fully saturated rings. The number of ether oxygens (including phenoxy) is 1. The van der Waals surface area contributed by atoms with Crippen LogP contribution in [0, 0.1) is 0 Å². The predicted molar refractivity (Wildman–Crippen MR) is 40.9 cm³/mol. The lowest BCUT2D eigenvalue weighted by molar-refractivity contribution is -0.151. The Hall–Kier alpha value is -0.220. The van der Waals surface area contributed by atoms with Crippen LogP contribution in [0.3, 0.4) is 0 Å². The van der Waals surface area contributed by atoms with E-state index in [4.69, 9.17) is 5.11 Å². The minimum absolute atomic E-state index is 0.0274. The maximum atomic E-state index is 10.6. The molecule has 0 aromatic heterocycles. The van der Waals surface area contributed by atoms with E-state index in [1.807, 2.05) is 6.92 Å². The molecule has 0 aromatic rings. The summed E-state index contributed by atoms with van der Waals surface area (Å²) in [5, 5.41) is 8.94. The monoisotopic (exact) mass is 164 g/mol. The van der Waals surface area contributed by atoms with E-state index in [1.165, 1.54) is 0 Å². The minimum Gasteiger partial charge on any atom is -0.453 e. The molecule has 1 atom stereocenters. The normalized spacial score (nSPS) is 12.7. The Morgan fingerprint density at radius 2 is 2.40 bits per heavy atom. The zero-order chi connectivity index (χ0) is 7.98. The van der Waals surface area contributed by atoms with Gasteiger partial charge in [-0.1, -0.05) is 13.3 Å². The summed E-state index contributed by atoms with van der Waals surface area (Å²) in [6.07, 6.45) is 0.243. The summed E-state index contributed by atoms with van der Waals surface area (Å²) in [5.41, 5.74) is 0. The molecular weight excluding hydrogens is 152 g/mol. The fraction of sp³-hybridized carbons (Fsp3) is 0.833. The van der Waals surface area contributed by atoms with Crippen molar-refractivity contribution in [1.29, 1.82) is 0 Å². The second-order valence-corrected chi connectivity index (χ2v) is 2.16. The van der Waals surface area contributed by atoms with Gasteiger partial charge >= 0.3 is 5.97 Å². The Morgan fingerprint density at radius 3 is 2.80 bits per heavy atom. The topological polar surface area (TPSA) is 46.5 Å². The fourth-order valence-corrected chi connectivity index (χ4v) is 0.678. The molecule has 0 radical (unpaired) electrons. The molecule has 0 aliphatic carbocycles. The first-order chi connectivity index (χ1) is 4.72. The van der Waals surface area contributed by atoms with E-state index in [-0.39, 0.29) is 5.94 Å². The summed E-state index contributed by atoms with van der Waals surface area (Å²) < 4.78 is 4.43. The molecule has 0 aliphatic rings. The van der Waals surface area contributed by atoms with Crippen LogP contribution in [0.1, 0.15) is 19.8 Å². The van der Waals surface area contributed by atoms with Gasteiger partial charge in [0.1, 0.15) is 5.94 Å². The third-order valence-electron chi connectivity index (χ3n) is 1.04. The number of esters is 1. The lowest BCUT2D eigenvalue weighted by Crippen LogP contribution is -2.22. The zero-order valence-corrected chi connectivity index (χ0v) is 6.80. The highest BCUT2D eigenvalue weighted by molar-refractivity contribution is 7.80. The summed E-state index contributed by atoms with van der Waals surface area (Å²) >= 11 is 3.67. The SMILES string of the molecule is CCCC(O)C(=O)OCS. The molecule has 60 valence electrons. The molecule has 0 rings (SSSR count). The molecule has 0 aromatic carbocycles. The van der Waals surface area contributed by atoms with E-state index in [0.29, 0.717) is 6.42 Å². The van der Waals surface area contributed by atoms with E-state index in [2.05, 4.69) is 17.4 Å². The molecule has 0 heterocycles. The van der Waals surface area contributed by atoms with Gasteiger partial charge in [-0.3, -0.25) is 0 Å². The lowest BCUT2D eigenvalue weighted by atomic mass is 10.2. The Balaban J connectivity index is 3.49. The van der Waals surface area contributed by atoms with Crippen molar-refractivity contribution >= 4 is 18.6 Å². The number of aliphatic hydroxyl groups excluding tert-OH is 1. The smallest absolute Gasteiger partial charge is 0.335 e. The Labute approximate surface area is 65.8 Å². The van der Waals surface area contributed by atoms with Crippen LogP contribution in [0.2, 0.25) is 0 Å². The second kappa shape index (κ2) is 5.56. The lowest BCUT2D eigenvalue weighted by Gasteiger charge is -2.06. The van der Waals surface area contributed by atoms with E-state index in [0.717, 1.165) is 6.42 Å². The Kier molecular flexibility index (Phi) is 5.43. The fourth-order valence-electron chi connectivity index (χ4n) is 0.551. The highest BCUT2D eigenvalue weighted by Gasteiger charge is 2.13. The van der Waals surface area contributed by atoms with Crippen LogP contribution in [-0.4, -0.2) is 23.1 Å². The van der Waals surface area contributed by atoms with Gasteiger partial charge in [-0.25, -0.2) is 4.79 Å². The molecule has 0 aliphatic heterocycles. The highest BCUT2D eigenvalue weighted by atomic mass is 32.1. The van der Waals surface area contributed by atoms with Crippen LogP contribution in [-0.2, 0) is 9.53 Å². The van der Waals surface area contributed by atoms with E-state index >= 15 is 0 Å². The van der Waals surface area contributed by atoms with Gasteiger partial charge in [0.2, 0.25) is 0 Å². The highest BCUT2D eigenvalue weighted by Crippen LogP contribution is 1.98. The van der Waals surface area contributed by atoms with Gasteiger partial charge in [-0.05, 0) is 6.42 Å². The van der Waals surface area contributed by atoms with Gasteiger partial charge in [-0.15, -0.1) is 12.6 Å². The van der Waals surface area contributed by atoms with Gasteiger partial charge < -0.3 is 9.84 Å². The van der Waals surface area contributed by atoms with Crippen molar-refractivity contribution in [3.8, 4) is 0 Å². The molecule has 3 nitrogen and oxygen atoms in total. The quantitative estimate of drug-likeness (QED) is 0.363. The van der Waals surface area contributed by atoms with Crippen molar-refractivity contribution in [2.75, 3.05) is 5.94 Å². The van der Waals surface area contributed by atoms with E-state index < -0.39 is 12.1 Å². The standard InChI is InChI=1S/C6H12O3S/c1-2-3-5(7)6(8)9-4-10/h5,7,10H,2-4H2,1H3. The van der Waals surface area contributed by atoms with Gasteiger partial charge in [-0.2, -0.15) is 0 Å². The number of hydrogen-bond acceptors (Lipinski definition) is 4. The van der Waals surface area contributed by atoms with Crippen LogP contribution < -0.4 is 0 Å². The summed E-state index contributed by atoms with van der Waals surface area (Å²) in [6.45, 7) is 1.89. The summed E-state index contributed by atoms with van der Waals surface area (Å²) in [7, 11) is 0. The zero-order valence-electron chi connectivity index (χ0n) is 5.91. The van der Waals surface area contributed by atoms with E-state index in [9.17, 15) is 4.79 Å². The molecule has 1 unspecified atom stereocenters. The Morgan fingerprint density at radius 1 is 1.80 bits per heavy atom. The summed E-state index contributed by atoms with van der Waals surface area (Å²) in [5.74, 6) is -0.559. The molecular formula is C6H12O3S. The molecule has 0 saturated heterocycles. The van der Waals surface area contributed by atoms with Crippen LogP contribution >= 0.6 is 12.6 Å². The number of rotatable bonds is 4. The number of thiol groups is 1. The van der Waals surface area contributed by atoms with Gasteiger partial charge in [0, 0.05) is 0 Å². The number of hydrogen-bond donors (Lipinski definition) is 2. The van der Waals surface area contributed by atoms with Crippen molar-refractivity contribution in [3.05, 3.63) is 0 Å². The van der Waals surface area contributed by atoms with Crippen LogP contribution in [0.5, 0.6) is 0 Å². The maximum Gasteiger partial charge on any atom is 0.335 e. The van der Waals surface area contributed by atoms with Gasteiger partial charge in [0.15, 0.2) is 6.10 Å². The van der Waals surface area contributed by atoms with Crippen molar-refractivity contribution in [1.82, 2.24) is 0 Å². The van der Waals surface area contributed by atoms with Crippen LogP contribution in [0.15, 0.2) is 0 Å². The largest absolute Gasteiger partial charge is 0.453 e. The summed E-state index contributed by atoms with van der Waals surface area (Å²) in [4.78, 5) is 10.6. The number of carbonyl (C=O) groups excluding carboxylic acids is 1. The molecule has 0 amide bonds. The molecule has 0 spiro atoms. The molecule has 10 heavy (non-hydrogen) atoms. The van der Waals surface area contributed by atoms with Crippen molar-refractivity contribution < 1.29 is 14.6 Å². The first-order valence-corrected chi connectivity index (χ1v) is 3.81. The molecule has 0 saturated carbocycles. The third kappa shape index (κ3) is 3.74. The average molecular weight is 164 g/mol. The first-order valence-electron chi connectivity index (χ1n) is 3.18. The third-order valence-corrected chi connectivity index (χ3v) is 1.17.